The second kappa shape index (κ2) is 8.72. The van der Waals surface area contributed by atoms with Gasteiger partial charge in [-0.1, -0.05) is 11.6 Å². The molecule has 0 fully saturated rings. The second-order valence-electron chi connectivity index (χ2n) is 7.48. The molecule has 1 aliphatic heterocycles. The maximum Gasteiger partial charge on any atom is 0.251 e. The van der Waals surface area contributed by atoms with E-state index in [9.17, 15) is 13.2 Å². The Hall–Kier alpha value is -2.84. The van der Waals surface area contributed by atoms with Crippen LogP contribution in [0.25, 0.3) is 10.9 Å². The molecule has 0 spiro atoms. The van der Waals surface area contributed by atoms with E-state index in [1.54, 1.807) is 24.4 Å². The number of carbonyl (C=O) groups excluding carboxylic acids is 1. The first-order valence-electron chi connectivity index (χ1n) is 10.00. The van der Waals surface area contributed by atoms with Crippen LogP contribution in [0.15, 0.2) is 48.7 Å². The van der Waals surface area contributed by atoms with Crippen LogP contribution in [0.5, 0.6) is 0 Å². The number of aromatic nitrogens is 1. The van der Waals surface area contributed by atoms with Gasteiger partial charge in [0, 0.05) is 47.5 Å². The predicted octanol–water partition coefficient (Wildman–Crippen LogP) is 3.44. The third-order valence-electron chi connectivity index (χ3n) is 5.25. The van der Waals surface area contributed by atoms with Crippen molar-refractivity contribution in [1.82, 2.24) is 10.3 Å². The number of carbonyl (C=O) groups is 1. The van der Waals surface area contributed by atoms with Gasteiger partial charge in [0.15, 0.2) is 0 Å². The van der Waals surface area contributed by atoms with Crippen LogP contribution in [0.3, 0.4) is 0 Å². The molecular formula is C22H23ClN4O3S. The molecule has 9 heteroatoms. The molecule has 7 nitrogen and oxygen atoms in total. The van der Waals surface area contributed by atoms with Gasteiger partial charge in [0.05, 0.1) is 17.5 Å². The number of sulfonamides is 1. The lowest BCUT2D eigenvalue weighted by atomic mass is 10.1. The molecule has 1 aliphatic rings. The molecule has 31 heavy (non-hydrogen) atoms. The summed E-state index contributed by atoms with van der Waals surface area (Å²) >= 11 is 6.03. The topological polar surface area (TPSA) is 91.4 Å². The van der Waals surface area contributed by atoms with Gasteiger partial charge in [-0.3, -0.25) is 14.1 Å². The second-order valence-corrected chi connectivity index (χ2v) is 9.83. The highest BCUT2D eigenvalue weighted by Gasteiger charge is 2.26. The van der Waals surface area contributed by atoms with E-state index in [2.05, 4.69) is 15.6 Å². The van der Waals surface area contributed by atoms with Crippen molar-refractivity contribution >= 4 is 49.8 Å². The van der Waals surface area contributed by atoms with Gasteiger partial charge in [0.1, 0.15) is 0 Å². The normalized spacial score (nSPS) is 13.3. The van der Waals surface area contributed by atoms with Crippen LogP contribution in [0, 0.1) is 0 Å². The molecule has 2 N–H and O–H groups in total. The molecule has 0 atom stereocenters. The zero-order valence-corrected chi connectivity index (χ0v) is 18.6. The highest BCUT2D eigenvalue weighted by molar-refractivity contribution is 7.92. The lowest BCUT2D eigenvalue weighted by molar-refractivity contribution is 0.0953. The molecule has 0 radical (unpaired) electrons. The number of rotatable bonds is 7. The van der Waals surface area contributed by atoms with E-state index in [1.165, 1.54) is 10.6 Å². The Balaban J connectivity index is 1.30. The largest absolute Gasteiger partial charge is 0.384 e. The fourth-order valence-corrected chi connectivity index (χ4v) is 4.87. The quantitative estimate of drug-likeness (QED) is 0.529. The molecular weight excluding hydrogens is 436 g/mol. The van der Waals surface area contributed by atoms with Crippen molar-refractivity contribution in [2.45, 2.75) is 12.8 Å². The lowest BCUT2D eigenvalue weighted by Crippen LogP contribution is -2.27. The molecule has 0 saturated heterocycles. The Morgan fingerprint density at radius 1 is 1.16 bits per heavy atom. The van der Waals surface area contributed by atoms with Gasteiger partial charge in [0.25, 0.3) is 5.91 Å². The van der Waals surface area contributed by atoms with Gasteiger partial charge in [0.2, 0.25) is 10.0 Å². The number of amides is 1. The Labute approximate surface area is 186 Å². The number of pyridine rings is 1. The Kier molecular flexibility index (Phi) is 6.02. The van der Waals surface area contributed by atoms with E-state index >= 15 is 0 Å². The summed E-state index contributed by atoms with van der Waals surface area (Å²) in [5, 5.41) is 7.94. The first kappa shape index (κ1) is 21.4. The third-order valence-corrected chi connectivity index (χ3v) is 6.67. The minimum Gasteiger partial charge on any atom is -0.384 e. The van der Waals surface area contributed by atoms with Crippen molar-refractivity contribution in [2.75, 3.05) is 35.5 Å². The Bertz CT molecular complexity index is 1250. The van der Waals surface area contributed by atoms with E-state index in [0.717, 1.165) is 28.6 Å². The van der Waals surface area contributed by atoms with E-state index in [1.807, 2.05) is 24.3 Å². The fourth-order valence-electron chi connectivity index (χ4n) is 3.75. The molecule has 2 heterocycles. The van der Waals surface area contributed by atoms with Crippen LogP contribution >= 0.6 is 11.6 Å². The summed E-state index contributed by atoms with van der Waals surface area (Å²) in [6.45, 7) is 1.63. The number of hydrogen-bond donors (Lipinski definition) is 2. The number of nitrogens with one attached hydrogen (secondary N) is 2. The van der Waals surface area contributed by atoms with Crippen molar-refractivity contribution in [3.8, 4) is 0 Å². The van der Waals surface area contributed by atoms with Gasteiger partial charge in [-0.2, -0.15) is 0 Å². The summed E-state index contributed by atoms with van der Waals surface area (Å²) < 4.78 is 25.1. The van der Waals surface area contributed by atoms with E-state index in [-0.39, 0.29) is 5.91 Å². The van der Waals surface area contributed by atoms with Crippen LogP contribution in [0.2, 0.25) is 5.02 Å². The number of nitrogens with zero attached hydrogens (tertiary/aromatic N) is 2. The first-order chi connectivity index (χ1) is 14.8. The van der Waals surface area contributed by atoms with Crippen LogP contribution in [-0.4, -0.2) is 45.2 Å². The summed E-state index contributed by atoms with van der Waals surface area (Å²) in [5.74, 6) is -0.162. The van der Waals surface area contributed by atoms with Gasteiger partial charge in [-0.05, 0) is 60.9 Å². The molecule has 0 bridgehead atoms. The van der Waals surface area contributed by atoms with Crippen LogP contribution in [0.1, 0.15) is 22.3 Å². The number of hydrogen-bond acceptors (Lipinski definition) is 5. The minimum absolute atomic E-state index is 0.162. The summed E-state index contributed by atoms with van der Waals surface area (Å²) in [7, 11) is -3.29. The van der Waals surface area contributed by atoms with Crippen LogP contribution < -0.4 is 14.9 Å². The highest BCUT2D eigenvalue weighted by atomic mass is 35.5. The minimum atomic E-state index is -3.29. The number of halogens is 1. The zero-order valence-electron chi connectivity index (χ0n) is 17.1. The van der Waals surface area contributed by atoms with Gasteiger partial charge in [-0.25, -0.2) is 8.42 Å². The van der Waals surface area contributed by atoms with Gasteiger partial charge >= 0.3 is 0 Å². The molecule has 3 aromatic rings. The molecule has 1 aromatic heterocycles. The Morgan fingerprint density at radius 3 is 2.81 bits per heavy atom. The maximum atomic E-state index is 12.5. The van der Waals surface area contributed by atoms with Crippen LogP contribution in [0.4, 0.5) is 11.4 Å². The predicted molar refractivity (Wildman–Crippen MR) is 125 cm³/mol. The van der Waals surface area contributed by atoms with E-state index < -0.39 is 10.0 Å². The standard InChI is InChI=1S/C22H23ClN4O3S/c1-31(29,30)27-12-8-15-13-16(3-6-21(15)27)22(28)26-10-2-9-24-19-7-11-25-20-14-17(23)4-5-18(19)20/h3-7,11,13-14H,2,8-10,12H2,1H3,(H,24,25)(H,26,28). The van der Waals surface area contributed by atoms with Crippen LogP contribution in [-0.2, 0) is 16.4 Å². The highest BCUT2D eigenvalue weighted by Crippen LogP contribution is 2.30. The van der Waals surface area contributed by atoms with Crippen molar-refractivity contribution in [1.29, 1.82) is 0 Å². The average molecular weight is 459 g/mol. The molecule has 1 amide bonds. The summed E-state index contributed by atoms with van der Waals surface area (Å²) in [6, 6.07) is 12.7. The maximum absolute atomic E-state index is 12.5. The van der Waals surface area contributed by atoms with Crippen molar-refractivity contribution in [3.63, 3.8) is 0 Å². The SMILES string of the molecule is CS(=O)(=O)N1CCc2cc(C(=O)NCCCNc3ccnc4cc(Cl)ccc34)ccc21. The smallest absolute Gasteiger partial charge is 0.251 e. The lowest BCUT2D eigenvalue weighted by Gasteiger charge is -2.16. The molecule has 2 aromatic carbocycles. The average Bonchev–Trinajstić information content (AvgIpc) is 3.17. The first-order valence-corrected chi connectivity index (χ1v) is 12.2. The zero-order chi connectivity index (χ0) is 22.0. The molecule has 0 unspecified atom stereocenters. The van der Waals surface area contributed by atoms with E-state index in [0.29, 0.717) is 42.3 Å². The number of anilines is 2. The summed E-state index contributed by atoms with van der Waals surface area (Å²) in [4.78, 5) is 16.8. The van der Waals surface area contributed by atoms with Gasteiger partial charge < -0.3 is 10.6 Å². The van der Waals surface area contributed by atoms with Gasteiger partial charge in [-0.15, -0.1) is 0 Å². The van der Waals surface area contributed by atoms with Crippen molar-refractivity contribution < 1.29 is 13.2 Å². The number of benzene rings is 2. The molecule has 162 valence electrons. The van der Waals surface area contributed by atoms with E-state index in [4.69, 9.17) is 11.6 Å². The molecule has 0 saturated carbocycles. The summed E-state index contributed by atoms with van der Waals surface area (Å²) in [6.07, 6.45) is 4.29. The van der Waals surface area contributed by atoms with Crippen molar-refractivity contribution in [3.05, 3.63) is 64.8 Å². The Morgan fingerprint density at radius 2 is 2.00 bits per heavy atom. The number of fused-ring (bicyclic) bond motifs is 2. The summed E-state index contributed by atoms with van der Waals surface area (Å²) in [5.41, 5.74) is 3.89. The fraction of sp³-hybridized carbons (Fsp3) is 0.273. The molecule has 4 rings (SSSR count). The third kappa shape index (κ3) is 4.75. The van der Waals surface area contributed by atoms with Crippen molar-refractivity contribution in [2.24, 2.45) is 0 Å². The monoisotopic (exact) mass is 458 g/mol. The molecule has 0 aliphatic carbocycles.